The van der Waals surface area contributed by atoms with E-state index in [1.165, 1.54) is 0 Å². The fraction of sp³-hybridized carbons (Fsp3) is 0.111. The first-order valence-electron chi connectivity index (χ1n) is 3.81. The average Bonchev–Trinajstić information content (AvgIpc) is 2.03. The molecule has 0 bridgehead atoms. The van der Waals surface area contributed by atoms with Crippen molar-refractivity contribution in [3.05, 3.63) is 29.8 Å². The molecule has 0 aliphatic carbocycles. The predicted octanol–water partition coefficient (Wildman–Crippen LogP) is 0.512. The number of imide groups is 1. The summed E-state index contributed by atoms with van der Waals surface area (Å²) < 4.78 is 0. The van der Waals surface area contributed by atoms with Gasteiger partial charge in [-0.25, -0.2) is 4.79 Å². The maximum Gasteiger partial charge on any atom is 0.318 e. The summed E-state index contributed by atoms with van der Waals surface area (Å²) in [7, 11) is 0. The van der Waals surface area contributed by atoms with Gasteiger partial charge in [-0.3, -0.25) is 10.1 Å². The highest BCUT2D eigenvalue weighted by molar-refractivity contribution is 5.82. The van der Waals surface area contributed by atoms with Crippen LogP contribution in [0.4, 0.5) is 4.79 Å². The molecular weight excluding hydrogens is 184 g/mol. The van der Waals surface area contributed by atoms with Gasteiger partial charge in [-0.2, -0.15) is 0 Å². The van der Waals surface area contributed by atoms with Gasteiger partial charge >= 0.3 is 6.03 Å². The van der Waals surface area contributed by atoms with Crippen LogP contribution >= 0.6 is 0 Å². The summed E-state index contributed by atoms with van der Waals surface area (Å²) >= 11 is 0. The first-order chi connectivity index (χ1) is 6.56. The molecule has 0 spiro atoms. The van der Waals surface area contributed by atoms with Gasteiger partial charge in [-0.05, 0) is 24.6 Å². The third-order valence-corrected chi connectivity index (χ3v) is 1.20. The summed E-state index contributed by atoms with van der Waals surface area (Å²) in [5.74, 6) is 0.338. The van der Waals surface area contributed by atoms with Crippen molar-refractivity contribution in [2.75, 3.05) is 0 Å². The third kappa shape index (κ3) is 6.66. The fourth-order valence-electron chi connectivity index (χ4n) is 0.686. The highest BCUT2D eigenvalue weighted by Gasteiger charge is 1.83. The highest BCUT2D eigenvalue weighted by Crippen LogP contribution is 2.08. The third-order valence-electron chi connectivity index (χ3n) is 1.20. The molecule has 5 heteroatoms. The molecule has 3 amide bonds. The second kappa shape index (κ2) is 6.47. The number of hydrogen-bond donors (Lipinski definition) is 3. The van der Waals surface area contributed by atoms with Crippen LogP contribution in [-0.4, -0.2) is 17.5 Å². The van der Waals surface area contributed by atoms with Gasteiger partial charge in [0.25, 0.3) is 0 Å². The van der Waals surface area contributed by atoms with Gasteiger partial charge < -0.3 is 10.8 Å². The predicted molar refractivity (Wildman–Crippen MR) is 51.6 cm³/mol. The molecule has 0 atom stereocenters. The van der Waals surface area contributed by atoms with E-state index in [-0.39, 0.29) is 6.41 Å². The van der Waals surface area contributed by atoms with Crippen LogP contribution in [-0.2, 0) is 4.79 Å². The van der Waals surface area contributed by atoms with Crippen LogP contribution in [0, 0.1) is 6.92 Å². The van der Waals surface area contributed by atoms with Gasteiger partial charge in [0.2, 0.25) is 6.41 Å². The Kier molecular flexibility index (Phi) is 5.53. The monoisotopic (exact) mass is 196 g/mol. The second-order valence-corrected chi connectivity index (χ2v) is 2.47. The van der Waals surface area contributed by atoms with E-state index >= 15 is 0 Å². The number of urea groups is 1. The van der Waals surface area contributed by atoms with E-state index in [1.807, 2.05) is 19.1 Å². The normalized spacial score (nSPS) is 8.07. The first kappa shape index (κ1) is 12.0. The number of aryl methyl sites for hydroxylation is 1. The Morgan fingerprint density at radius 1 is 1.57 bits per heavy atom. The maximum absolute atomic E-state index is 9.48. The van der Waals surface area contributed by atoms with Gasteiger partial charge in [-0.1, -0.05) is 12.1 Å². The zero-order valence-electron chi connectivity index (χ0n) is 7.73. The van der Waals surface area contributed by atoms with Gasteiger partial charge in [0.1, 0.15) is 5.75 Å². The molecule has 14 heavy (non-hydrogen) atoms. The number of carbonyl (C=O) groups is 2. The van der Waals surface area contributed by atoms with Crippen molar-refractivity contribution >= 4 is 12.4 Å². The molecule has 0 heterocycles. The minimum Gasteiger partial charge on any atom is -0.508 e. The number of phenolic OH excluding ortho intramolecular Hbond substituents is 1. The molecule has 1 aromatic carbocycles. The van der Waals surface area contributed by atoms with Crippen LogP contribution in [0.3, 0.4) is 0 Å². The van der Waals surface area contributed by atoms with E-state index < -0.39 is 6.03 Å². The average molecular weight is 196 g/mol. The lowest BCUT2D eigenvalue weighted by atomic mass is 10.2. The summed E-state index contributed by atoms with van der Waals surface area (Å²) in [6, 6.07) is 6.32. The highest BCUT2D eigenvalue weighted by atomic mass is 16.3. The Labute approximate surface area is 81.5 Å². The molecule has 0 saturated carbocycles. The van der Waals surface area contributed by atoms with E-state index in [4.69, 9.17) is 5.11 Å². The summed E-state index contributed by atoms with van der Waals surface area (Å²) in [4.78, 5) is 18.7. The van der Waals surface area contributed by atoms with Crippen LogP contribution in [0.25, 0.3) is 0 Å². The molecule has 5 nitrogen and oxygen atoms in total. The molecule has 0 unspecified atom stereocenters. The lowest BCUT2D eigenvalue weighted by Crippen LogP contribution is -2.27. The Bertz CT molecular complexity index is 295. The number of nitrogens with two attached hydrogens (primary N) is 1. The standard InChI is InChI=1S/C7H8O.C2H4N2O2/c1-6-3-2-4-7(8)5-6;3-2(6)4-1-5/h2-5,8H,1H3;1H,(H3,3,4,5,6). The van der Waals surface area contributed by atoms with Crippen molar-refractivity contribution in [2.24, 2.45) is 5.73 Å². The summed E-state index contributed by atoms with van der Waals surface area (Å²) in [6.07, 6.45) is 0.225. The number of rotatable bonds is 1. The molecule has 4 N–H and O–H groups in total. The van der Waals surface area contributed by atoms with Crippen LogP contribution in [0.2, 0.25) is 0 Å². The minimum atomic E-state index is -0.829. The molecule has 0 aromatic heterocycles. The molecular formula is C9H12N2O3. The van der Waals surface area contributed by atoms with Crippen LogP contribution < -0.4 is 11.1 Å². The smallest absolute Gasteiger partial charge is 0.318 e. The van der Waals surface area contributed by atoms with Crippen molar-refractivity contribution in [2.45, 2.75) is 6.92 Å². The van der Waals surface area contributed by atoms with Crippen molar-refractivity contribution < 1.29 is 14.7 Å². The number of carbonyl (C=O) groups excluding carboxylic acids is 2. The number of benzene rings is 1. The molecule has 76 valence electrons. The SMILES string of the molecule is Cc1cccc(O)c1.NC(=O)NC=O. The molecule has 1 aromatic rings. The van der Waals surface area contributed by atoms with Crippen LogP contribution in [0.5, 0.6) is 5.75 Å². The topological polar surface area (TPSA) is 92.4 Å². The lowest BCUT2D eigenvalue weighted by molar-refractivity contribution is -0.108. The largest absolute Gasteiger partial charge is 0.508 e. The Morgan fingerprint density at radius 2 is 2.21 bits per heavy atom. The van der Waals surface area contributed by atoms with Gasteiger partial charge in [0.15, 0.2) is 0 Å². The van der Waals surface area contributed by atoms with Crippen molar-refractivity contribution in [1.82, 2.24) is 5.32 Å². The van der Waals surface area contributed by atoms with Crippen LogP contribution in [0.15, 0.2) is 24.3 Å². The summed E-state index contributed by atoms with van der Waals surface area (Å²) in [5.41, 5.74) is 5.51. The maximum atomic E-state index is 9.48. The number of nitrogens with one attached hydrogen (secondary N) is 1. The van der Waals surface area contributed by atoms with E-state index in [0.29, 0.717) is 5.75 Å². The number of hydrogen-bond acceptors (Lipinski definition) is 3. The van der Waals surface area contributed by atoms with E-state index in [1.54, 1.807) is 17.4 Å². The second-order valence-electron chi connectivity index (χ2n) is 2.47. The molecule has 0 fully saturated rings. The molecule has 0 radical (unpaired) electrons. The van der Waals surface area contributed by atoms with Crippen molar-refractivity contribution in [1.29, 1.82) is 0 Å². The van der Waals surface area contributed by atoms with E-state index in [9.17, 15) is 9.59 Å². The van der Waals surface area contributed by atoms with E-state index in [2.05, 4.69) is 5.73 Å². The van der Waals surface area contributed by atoms with Gasteiger partial charge in [0, 0.05) is 0 Å². The van der Waals surface area contributed by atoms with Gasteiger partial charge in [0.05, 0.1) is 0 Å². The zero-order chi connectivity index (χ0) is 11.0. The Hall–Kier alpha value is -2.04. The number of primary amides is 1. The number of amides is 3. The Morgan fingerprint density at radius 3 is 2.43 bits per heavy atom. The molecule has 0 aliphatic rings. The van der Waals surface area contributed by atoms with Crippen LogP contribution in [0.1, 0.15) is 5.56 Å². The number of phenols is 1. The molecule has 1 rings (SSSR count). The van der Waals surface area contributed by atoms with Crippen molar-refractivity contribution in [3.8, 4) is 5.75 Å². The fourth-order valence-corrected chi connectivity index (χ4v) is 0.686. The molecule has 0 aliphatic heterocycles. The van der Waals surface area contributed by atoms with Gasteiger partial charge in [-0.15, -0.1) is 0 Å². The Balaban J connectivity index is 0.000000255. The quantitative estimate of drug-likeness (QED) is 0.571. The number of aromatic hydroxyl groups is 1. The first-order valence-corrected chi connectivity index (χ1v) is 3.81. The minimum absolute atomic E-state index is 0.225. The summed E-state index contributed by atoms with van der Waals surface area (Å²) in [6.45, 7) is 1.94. The summed E-state index contributed by atoms with van der Waals surface area (Å²) in [5, 5.41) is 10.5. The van der Waals surface area contributed by atoms with E-state index in [0.717, 1.165) is 5.56 Å². The zero-order valence-corrected chi connectivity index (χ0v) is 7.73. The molecule has 0 saturated heterocycles. The van der Waals surface area contributed by atoms with Crippen molar-refractivity contribution in [3.63, 3.8) is 0 Å². The lowest BCUT2D eigenvalue weighted by Gasteiger charge is -1.89.